The summed E-state index contributed by atoms with van der Waals surface area (Å²) in [5.41, 5.74) is 23.7. The van der Waals surface area contributed by atoms with Crippen LogP contribution in [0.25, 0.3) is 77.2 Å². The quantitative estimate of drug-likeness (QED) is 0.167. The van der Waals surface area contributed by atoms with Gasteiger partial charge >= 0.3 is 0 Å². The molecule has 0 atom stereocenters. The van der Waals surface area contributed by atoms with Crippen molar-refractivity contribution in [3.8, 4) is 55.6 Å². The highest BCUT2D eigenvalue weighted by Gasteiger charge is 2.51. The van der Waals surface area contributed by atoms with Gasteiger partial charge < -0.3 is 4.90 Å². The van der Waals surface area contributed by atoms with Gasteiger partial charge in [-0.3, -0.25) is 0 Å². The fourth-order valence-corrected chi connectivity index (χ4v) is 12.5. The van der Waals surface area contributed by atoms with E-state index in [1.807, 2.05) is 0 Å². The third-order valence-electron chi connectivity index (χ3n) is 15.5. The fraction of sp³-hybridized carbons (Fsp3) is 0.0606. The molecule has 0 unspecified atom stereocenters. The Hall–Kier alpha value is -8.26. The van der Waals surface area contributed by atoms with Crippen LogP contribution in [0.15, 0.2) is 237 Å². The molecule has 3 aliphatic rings. The molecule has 0 fully saturated rings. The number of anilines is 3. The maximum Gasteiger partial charge on any atom is 0.0726 e. The van der Waals surface area contributed by atoms with Gasteiger partial charge in [0.25, 0.3) is 0 Å². The van der Waals surface area contributed by atoms with E-state index in [2.05, 4.69) is 255 Å². The number of fused-ring (bicyclic) bond motifs is 16. The van der Waals surface area contributed by atoms with Crippen LogP contribution in [0.2, 0.25) is 0 Å². The summed E-state index contributed by atoms with van der Waals surface area (Å²) in [6.07, 6.45) is 0. The van der Waals surface area contributed by atoms with Gasteiger partial charge in [-0.25, -0.2) is 0 Å². The van der Waals surface area contributed by atoms with Gasteiger partial charge in [0.2, 0.25) is 0 Å². The van der Waals surface area contributed by atoms with E-state index >= 15 is 0 Å². The molecule has 14 rings (SSSR count). The van der Waals surface area contributed by atoms with E-state index in [0.29, 0.717) is 0 Å². The van der Waals surface area contributed by atoms with Crippen LogP contribution in [0.3, 0.4) is 0 Å². The van der Waals surface area contributed by atoms with Crippen LogP contribution >= 0.6 is 0 Å². The predicted molar refractivity (Wildman–Crippen MR) is 281 cm³/mol. The van der Waals surface area contributed by atoms with Crippen LogP contribution in [-0.4, -0.2) is 0 Å². The fourth-order valence-electron chi connectivity index (χ4n) is 12.5. The summed E-state index contributed by atoms with van der Waals surface area (Å²) in [7, 11) is 0. The van der Waals surface area contributed by atoms with Crippen molar-refractivity contribution in [1.82, 2.24) is 0 Å². The Balaban J connectivity index is 0.998. The van der Waals surface area contributed by atoms with Gasteiger partial charge in [0.1, 0.15) is 0 Å². The molecule has 0 heterocycles. The molecule has 0 amide bonds. The average Bonchev–Trinajstić information content (AvgIpc) is 3.94. The molecule has 11 aromatic rings. The highest BCUT2D eigenvalue weighted by Crippen LogP contribution is 2.63. The second-order valence-electron chi connectivity index (χ2n) is 19.1. The highest BCUT2D eigenvalue weighted by molar-refractivity contribution is 6.07. The zero-order valence-electron chi connectivity index (χ0n) is 37.5. The maximum atomic E-state index is 2.51. The zero-order chi connectivity index (χ0) is 44.4. The zero-order valence-corrected chi connectivity index (χ0v) is 37.5. The first-order valence-corrected chi connectivity index (χ1v) is 23.6. The highest BCUT2D eigenvalue weighted by atomic mass is 15.1. The van der Waals surface area contributed by atoms with E-state index in [-0.39, 0.29) is 5.41 Å². The molecule has 314 valence electrons. The van der Waals surface area contributed by atoms with Crippen LogP contribution in [0.4, 0.5) is 17.1 Å². The van der Waals surface area contributed by atoms with Crippen molar-refractivity contribution in [2.45, 2.75) is 24.7 Å². The SMILES string of the molecule is CC1(C)c2ccc(N(c3ccc(-c4cccc5cccc(-c6ccccc6)c45)cc3)c3ccc4c(c3)C3(c5ccccc5-c5ccccc53)c3ccccc3-4)cc2-c2c1ccc1ccccc21. The molecule has 3 aliphatic carbocycles. The molecule has 0 saturated heterocycles. The van der Waals surface area contributed by atoms with E-state index in [4.69, 9.17) is 0 Å². The number of benzene rings is 11. The molecular weight excluding hydrogens is 807 g/mol. The van der Waals surface area contributed by atoms with E-state index in [9.17, 15) is 0 Å². The first-order chi connectivity index (χ1) is 33.0. The van der Waals surface area contributed by atoms with Gasteiger partial charge in [-0.2, -0.15) is 0 Å². The summed E-state index contributed by atoms with van der Waals surface area (Å²) in [4.78, 5) is 2.50. The number of hydrogen-bond donors (Lipinski definition) is 0. The summed E-state index contributed by atoms with van der Waals surface area (Å²) in [6, 6.07) is 88.8. The standard InChI is InChI=1S/C66H45N/c1-65(2)57-39-36-47(40-56(57)64-51-21-7-6-18-43(51)32-38-61(64)65)67(46-33-30-44(31-34-46)50-26-15-20-45-19-14-25-49(63(45)50)42-16-4-3-5-17-42)48-35-37-55-54-24-10-13-29-60(54)66(62(55)41-48)58-27-11-8-22-52(58)53-23-9-12-28-59(53)66/h3-41H,1-2H3. The van der Waals surface area contributed by atoms with Crippen LogP contribution in [0.5, 0.6) is 0 Å². The Morgan fingerprint density at radius 3 is 1.46 bits per heavy atom. The lowest BCUT2D eigenvalue weighted by Crippen LogP contribution is -2.26. The van der Waals surface area contributed by atoms with Crippen molar-refractivity contribution in [3.05, 3.63) is 270 Å². The minimum absolute atomic E-state index is 0.133. The smallest absolute Gasteiger partial charge is 0.0726 e. The predicted octanol–water partition coefficient (Wildman–Crippen LogP) is 17.4. The Labute approximate surface area is 391 Å². The lowest BCUT2D eigenvalue weighted by atomic mass is 9.70. The first-order valence-electron chi connectivity index (χ1n) is 23.6. The maximum absolute atomic E-state index is 2.51. The molecular formula is C66H45N. The lowest BCUT2D eigenvalue weighted by Gasteiger charge is -2.32. The number of nitrogens with zero attached hydrogens (tertiary/aromatic N) is 1. The lowest BCUT2D eigenvalue weighted by molar-refractivity contribution is 0.661. The topological polar surface area (TPSA) is 3.24 Å². The Morgan fingerprint density at radius 1 is 0.299 bits per heavy atom. The molecule has 0 bridgehead atoms. The van der Waals surface area contributed by atoms with Crippen molar-refractivity contribution in [2.75, 3.05) is 4.90 Å². The second-order valence-corrected chi connectivity index (χ2v) is 19.1. The summed E-state index contributed by atoms with van der Waals surface area (Å²) >= 11 is 0. The summed E-state index contributed by atoms with van der Waals surface area (Å²) in [5.74, 6) is 0. The van der Waals surface area contributed by atoms with Crippen LogP contribution < -0.4 is 4.90 Å². The van der Waals surface area contributed by atoms with E-state index in [0.717, 1.165) is 17.1 Å². The Morgan fingerprint density at radius 2 is 0.791 bits per heavy atom. The molecule has 0 N–H and O–H groups in total. The third-order valence-corrected chi connectivity index (χ3v) is 15.5. The van der Waals surface area contributed by atoms with Crippen molar-refractivity contribution in [3.63, 3.8) is 0 Å². The van der Waals surface area contributed by atoms with Crippen LogP contribution in [-0.2, 0) is 10.8 Å². The van der Waals surface area contributed by atoms with Crippen molar-refractivity contribution >= 4 is 38.6 Å². The van der Waals surface area contributed by atoms with Crippen LogP contribution in [0.1, 0.15) is 47.2 Å². The summed E-state index contributed by atoms with van der Waals surface area (Å²) in [5, 5.41) is 5.09. The molecule has 0 aliphatic heterocycles. The minimum atomic E-state index is -0.449. The van der Waals surface area contributed by atoms with Gasteiger partial charge in [-0.15, -0.1) is 0 Å². The van der Waals surface area contributed by atoms with Gasteiger partial charge in [0, 0.05) is 22.5 Å². The molecule has 1 spiro atoms. The number of rotatable bonds is 5. The molecule has 1 nitrogen and oxygen atoms in total. The molecule has 67 heavy (non-hydrogen) atoms. The molecule has 11 aromatic carbocycles. The van der Waals surface area contributed by atoms with Crippen molar-refractivity contribution in [2.24, 2.45) is 0 Å². The van der Waals surface area contributed by atoms with Crippen LogP contribution in [0, 0.1) is 0 Å². The van der Waals surface area contributed by atoms with Gasteiger partial charge in [-0.05, 0) is 147 Å². The second kappa shape index (κ2) is 14.1. The number of hydrogen-bond acceptors (Lipinski definition) is 1. The van der Waals surface area contributed by atoms with E-state index in [1.54, 1.807) is 0 Å². The normalized spacial score (nSPS) is 14.1. The van der Waals surface area contributed by atoms with Crippen molar-refractivity contribution < 1.29 is 0 Å². The Bertz CT molecular complexity index is 3770. The van der Waals surface area contributed by atoms with Gasteiger partial charge in [-0.1, -0.05) is 214 Å². The molecule has 0 aromatic heterocycles. The average molecular weight is 852 g/mol. The third kappa shape index (κ3) is 5.26. The van der Waals surface area contributed by atoms with Gasteiger partial charge in [0.05, 0.1) is 5.41 Å². The summed E-state index contributed by atoms with van der Waals surface area (Å²) in [6.45, 7) is 4.77. The van der Waals surface area contributed by atoms with Gasteiger partial charge in [0.15, 0.2) is 0 Å². The van der Waals surface area contributed by atoms with E-state index in [1.165, 1.54) is 111 Å². The first kappa shape index (κ1) is 38.1. The largest absolute Gasteiger partial charge is 0.310 e. The molecule has 1 heteroatoms. The minimum Gasteiger partial charge on any atom is -0.310 e. The summed E-state index contributed by atoms with van der Waals surface area (Å²) < 4.78 is 0. The van der Waals surface area contributed by atoms with Crippen molar-refractivity contribution in [1.29, 1.82) is 0 Å². The molecule has 0 radical (unpaired) electrons. The van der Waals surface area contributed by atoms with E-state index < -0.39 is 5.41 Å². The monoisotopic (exact) mass is 851 g/mol. The Kier molecular flexibility index (Phi) is 8.02. The molecule has 0 saturated carbocycles.